The van der Waals surface area contributed by atoms with Crippen LogP contribution >= 0.6 is 0 Å². The molecule has 0 saturated carbocycles. The van der Waals surface area contributed by atoms with Gasteiger partial charge < -0.3 is 25.2 Å². The number of likely N-dealkylation sites (N-methyl/N-ethyl adjacent to an activating group) is 1. The number of nitrogens with one attached hydrogen (secondary N) is 3. The van der Waals surface area contributed by atoms with Gasteiger partial charge in [-0.2, -0.15) is 15.1 Å². The predicted octanol–water partition coefficient (Wildman–Crippen LogP) is 5.69. The van der Waals surface area contributed by atoms with Crippen LogP contribution in [0.4, 0.5) is 23.1 Å². The van der Waals surface area contributed by atoms with Crippen LogP contribution in [0.25, 0.3) is 11.0 Å². The Bertz CT molecular complexity index is 1860. The number of nitrogens with zero attached hydrogens (tertiary/aromatic N) is 5. The lowest BCUT2D eigenvalue weighted by molar-refractivity contribution is -0.132. The number of rotatable bonds is 11. The van der Waals surface area contributed by atoms with Crippen molar-refractivity contribution >= 4 is 49.9 Å². The van der Waals surface area contributed by atoms with E-state index in [1.54, 1.807) is 38.1 Å². The van der Waals surface area contributed by atoms with Crippen LogP contribution in [0.2, 0.25) is 0 Å². The molecule has 0 radical (unpaired) electrons. The smallest absolute Gasteiger partial charge is 0.236 e. The van der Waals surface area contributed by atoms with E-state index in [4.69, 9.17) is 14.7 Å². The van der Waals surface area contributed by atoms with Crippen LogP contribution in [0.3, 0.4) is 0 Å². The number of para-hydroxylation sites is 1. The van der Waals surface area contributed by atoms with Crippen LogP contribution in [0.5, 0.6) is 5.75 Å². The quantitative estimate of drug-likeness (QED) is 0.183. The van der Waals surface area contributed by atoms with Gasteiger partial charge in [-0.1, -0.05) is 12.1 Å². The van der Waals surface area contributed by atoms with Crippen molar-refractivity contribution in [2.45, 2.75) is 76.6 Å². The van der Waals surface area contributed by atoms with Crippen molar-refractivity contribution in [1.29, 1.82) is 0 Å². The number of sulfone groups is 1. The Morgan fingerprint density at radius 1 is 1.04 bits per heavy atom. The summed E-state index contributed by atoms with van der Waals surface area (Å²) in [7, 11) is 0.258. The molecule has 0 atom stereocenters. The number of aromatic amines is 1. The Morgan fingerprint density at radius 3 is 2.40 bits per heavy atom. The topological polar surface area (TPSA) is 145 Å². The Balaban J connectivity index is 1.47. The third-order valence-corrected chi connectivity index (χ3v) is 10.6. The molecular weight excluding hydrogens is 616 g/mol. The van der Waals surface area contributed by atoms with Crippen LogP contribution < -0.4 is 15.4 Å². The summed E-state index contributed by atoms with van der Waals surface area (Å²) in [5.74, 6) is 1.86. The highest BCUT2D eigenvalue weighted by Crippen LogP contribution is 2.39. The monoisotopic (exact) mass is 662 g/mol. The lowest BCUT2D eigenvalue weighted by atomic mass is 9.86. The molecule has 1 saturated heterocycles. The van der Waals surface area contributed by atoms with Crippen molar-refractivity contribution in [2.75, 3.05) is 44.4 Å². The molecule has 1 fully saturated rings. The molecule has 12 nitrogen and oxygen atoms in total. The molecule has 252 valence electrons. The molecule has 2 aromatic heterocycles. The van der Waals surface area contributed by atoms with Gasteiger partial charge in [0.05, 0.1) is 45.2 Å². The van der Waals surface area contributed by atoms with E-state index >= 15 is 0 Å². The van der Waals surface area contributed by atoms with Crippen LogP contribution in [0, 0.1) is 13.8 Å². The summed E-state index contributed by atoms with van der Waals surface area (Å²) >= 11 is 0. The summed E-state index contributed by atoms with van der Waals surface area (Å²) in [4.78, 5) is 26.2. The lowest BCUT2D eigenvalue weighted by Gasteiger charge is -2.34. The number of H-pyrrole nitrogens is 1. The Kier molecular flexibility index (Phi) is 10.1. The molecule has 47 heavy (non-hydrogen) atoms. The van der Waals surface area contributed by atoms with Crippen molar-refractivity contribution in [1.82, 2.24) is 30.0 Å². The molecule has 0 bridgehead atoms. The highest BCUT2D eigenvalue weighted by molar-refractivity contribution is 7.92. The second-order valence-corrected chi connectivity index (χ2v) is 15.5. The number of amides is 1. The first-order valence-electron chi connectivity index (χ1n) is 16.1. The molecule has 1 aliphatic rings. The predicted molar refractivity (Wildman–Crippen MR) is 186 cm³/mol. The molecule has 0 unspecified atom stereocenters. The summed E-state index contributed by atoms with van der Waals surface area (Å²) in [6.45, 7) is 13.1. The van der Waals surface area contributed by atoms with Gasteiger partial charge in [-0.3, -0.25) is 9.89 Å². The molecule has 1 amide bonds. The summed E-state index contributed by atoms with van der Waals surface area (Å²) < 4.78 is 32.7. The number of ether oxygens (including phenoxy) is 1. The molecule has 1 aliphatic heterocycles. The number of hydrogen-bond acceptors (Lipinski definition) is 10. The van der Waals surface area contributed by atoms with E-state index in [1.807, 2.05) is 44.7 Å². The van der Waals surface area contributed by atoms with Crippen LogP contribution in [-0.2, 0) is 14.6 Å². The highest BCUT2D eigenvalue weighted by atomic mass is 32.2. The fraction of sp³-hybridized carbons (Fsp3) is 0.471. The van der Waals surface area contributed by atoms with Gasteiger partial charge in [-0.15, -0.1) is 0 Å². The van der Waals surface area contributed by atoms with Gasteiger partial charge in [0.15, 0.2) is 15.5 Å². The molecule has 4 aromatic rings. The number of carbonyl (C=O) groups is 1. The molecule has 0 aliphatic carbocycles. The average molecular weight is 663 g/mol. The van der Waals surface area contributed by atoms with E-state index in [1.165, 1.54) is 5.56 Å². The highest BCUT2D eigenvalue weighted by Gasteiger charge is 2.27. The van der Waals surface area contributed by atoms with Gasteiger partial charge in [0.25, 0.3) is 0 Å². The van der Waals surface area contributed by atoms with E-state index < -0.39 is 15.1 Å². The fourth-order valence-corrected chi connectivity index (χ4v) is 7.15. The van der Waals surface area contributed by atoms with Crippen molar-refractivity contribution in [3.63, 3.8) is 0 Å². The molecule has 3 N–H and O–H groups in total. The second-order valence-electron chi connectivity index (χ2n) is 13.0. The van der Waals surface area contributed by atoms with E-state index in [0.29, 0.717) is 58.1 Å². The van der Waals surface area contributed by atoms with Crippen LogP contribution in [-0.4, -0.2) is 89.4 Å². The van der Waals surface area contributed by atoms with E-state index in [9.17, 15) is 13.2 Å². The fourth-order valence-electron chi connectivity index (χ4n) is 5.95. The number of likely N-dealkylation sites (tertiary alicyclic amines) is 1. The molecule has 3 heterocycles. The molecular formula is C34H46N8O4S. The van der Waals surface area contributed by atoms with Gasteiger partial charge in [0.2, 0.25) is 11.9 Å². The number of aryl methyl sites for hydroxylation is 2. The summed E-state index contributed by atoms with van der Waals surface area (Å²) in [6, 6.07) is 11.0. The van der Waals surface area contributed by atoms with Gasteiger partial charge >= 0.3 is 0 Å². The van der Waals surface area contributed by atoms with Crippen LogP contribution in [0.1, 0.15) is 63.3 Å². The number of benzene rings is 2. The van der Waals surface area contributed by atoms with Crippen molar-refractivity contribution in [3.8, 4) is 5.75 Å². The maximum Gasteiger partial charge on any atom is 0.236 e. The van der Waals surface area contributed by atoms with Crippen molar-refractivity contribution in [2.24, 2.45) is 0 Å². The molecule has 2 aromatic carbocycles. The number of piperidine rings is 1. The third kappa shape index (κ3) is 7.51. The Labute approximate surface area is 277 Å². The number of anilines is 4. The molecule has 0 spiro atoms. The normalized spacial score (nSPS) is 14.4. The van der Waals surface area contributed by atoms with Gasteiger partial charge in [0.1, 0.15) is 11.6 Å². The largest absolute Gasteiger partial charge is 0.489 e. The van der Waals surface area contributed by atoms with Crippen molar-refractivity contribution in [3.05, 3.63) is 53.2 Å². The van der Waals surface area contributed by atoms with Gasteiger partial charge in [-0.25, -0.2) is 8.42 Å². The van der Waals surface area contributed by atoms with Gasteiger partial charge in [0, 0.05) is 13.1 Å². The van der Waals surface area contributed by atoms with E-state index in [2.05, 4.69) is 39.9 Å². The molecule has 5 rings (SSSR count). The zero-order valence-electron chi connectivity index (χ0n) is 28.5. The van der Waals surface area contributed by atoms with E-state index in [-0.39, 0.29) is 16.9 Å². The first-order valence-corrected chi connectivity index (χ1v) is 17.6. The first-order chi connectivity index (χ1) is 22.2. The maximum absolute atomic E-state index is 13.2. The number of hydrogen-bond donors (Lipinski definition) is 3. The minimum atomic E-state index is -3.57. The number of aromatic nitrogens is 4. The standard InChI is InChI=1S/C34H46N8O4S/c1-20(2)46-28-18-25(24-13-15-42(16-14-24)30(43)19-41(7)8)22(5)17-27(28)36-34-37-32(31-23(6)39-40-33(31)38-34)35-26-11-9-10-12-29(26)47(44,45)21(3)4/h9-12,17-18,20-21,24H,13-16,19H2,1-8H3,(H3,35,36,37,38,39,40). The zero-order valence-corrected chi connectivity index (χ0v) is 29.3. The zero-order chi connectivity index (χ0) is 34.0. The third-order valence-electron chi connectivity index (χ3n) is 8.38. The number of fused-ring (bicyclic) bond motifs is 1. The number of carbonyl (C=O) groups excluding carboxylic acids is 1. The summed E-state index contributed by atoms with van der Waals surface area (Å²) in [5, 5.41) is 14.0. The van der Waals surface area contributed by atoms with E-state index in [0.717, 1.165) is 31.5 Å². The van der Waals surface area contributed by atoms with Gasteiger partial charge in [-0.05, 0) is 110 Å². The minimum Gasteiger partial charge on any atom is -0.489 e. The summed E-state index contributed by atoms with van der Waals surface area (Å²) in [5.41, 5.74) is 4.62. The SMILES string of the molecule is Cc1cc(Nc2nc(Nc3ccccc3S(=O)(=O)C(C)C)c3c(C)n[nH]c3n2)c(OC(C)C)cc1C1CCN(C(=O)CN(C)C)CC1. The molecule has 13 heteroatoms. The van der Waals surface area contributed by atoms with Crippen LogP contribution in [0.15, 0.2) is 41.3 Å². The summed E-state index contributed by atoms with van der Waals surface area (Å²) in [6.07, 6.45) is 1.69. The Morgan fingerprint density at radius 2 is 1.74 bits per heavy atom. The average Bonchev–Trinajstić information content (AvgIpc) is 3.38. The maximum atomic E-state index is 13.2. The van der Waals surface area contributed by atoms with Crippen molar-refractivity contribution < 1.29 is 17.9 Å². The second kappa shape index (κ2) is 13.9. The lowest BCUT2D eigenvalue weighted by Crippen LogP contribution is -2.42. The minimum absolute atomic E-state index is 0.0769. The Hall–Kier alpha value is -4.23. The first kappa shape index (κ1) is 34.1.